The van der Waals surface area contributed by atoms with Gasteiger partial charge in [0.05, 0.1) is 11.0 Å². The van der Waals surface area contributed by atoms with E-state index in [1.54, 1.807) is 6.92 Å². The molecule has 0 bridgehead atoms. The van der Waals surface area contributed by atoms with E-state index in [4.69, 9.17) is 0 Å². The molecule has 9 heteroatoms. The second-order valence-electron chi connectivity index (χ2n) is 9.29. The van der Waals surface area contributed by atoms with Crippen molar-refractivity contribution in [1.82, 2.24) is 9.21 Å². The molecule has 36 heavy (non-hydrogen) atoms. The first kappa shape index (κ1) is 25.9. The number of Topliss-reactive ketones (excluding diaryl/α,β-unsaturated/α-hetero) is 1. The van der Waals surface area contributed by atoms with Gasteiger partial charge in [-0.1, -0.05) is 67.9 Å². The topological polar surface area (TPSA) is 101 Å². The molecule has 0 aromatic heterocycles. The van der Waals surface area contributed by atoms with Crippen LogP contribution in [-0.2, 0) is 21.2 Å². The number of nitro groups is 1. The third kappa shape index (κ3) is 5.33. The zero-order valence-electron chi connectivity index (χ0n) is 20.5. The lowest BCUT2D eigenvalue weighted by atomic mass is 9.97. The van der Waals surface area contributed by atoms with Crippen LogP contribution in [0.2, 0.25) is 0 Å². The van der Waals surface area contributed by atoms with Gasteiger partial charge in [-0.2, -0.15) is 4.31 Å². The number of nitro benzene ring substituents is 1. The summed E-state index contributed by atoms with van der Waals surface area (Å²) >= 11 is 0. The Kier molecular flexibility index (Phi) is 7.82. The minimum atomic E-state index is -4.08. The molecule has 2 atom stereocenters. The van der Waals surface area contributed by atoms with Gasteiger partial charge in [-0.15, -0.1) is 0 Å². The van der Waals surface area contributed by atoms with Crippen LogP contribution < -0.4 is 0 Å². The predicted octanol–water partition coefficient (Wildman–Crippen LogP) is 4.42. The van der Waals surface area contributed by atoms with Crippen LogP contribution in [0.5, 0.6) is 0 Å². The van der Waals surface area contributed by atoms with Crippen LogP contribution in [0.15, 0.2) is 71.6 Å². The van der Waals surface area contributed by atoms with Crippen LogP contribution in [0.3, 0.4) is 0 Å². The summed E-state index contributed by atoms with van der Waals surface area (Å²) in [6.45, 7) is 4.49. The van der Waals surface area contributed by atoms with Crippen molar-refractivity contribution in [3.05, 3.63) is 82.4 Å². The van der Waals surface area contributed by atoms with Gasteiger partial charge in [-0.05, 0) is 42.2 Å². The molecule has 0 unspecified atom stereocenters. The minimum Gasteiger partial charge on any atom is -0.298 e. The molecule has 190 valence electrons. The van der Waals surface area contributed by atoms with Gasteiger partial charge >= 0.3 is 0 Å². The summed E-state index contributed by atoms with van der Waals surface area (Å²) in [5.41, 5.74) is 0.629. The number of sulfonamides is 1. The Balaban J connectivity index is 1.59. The normalized spacial score (nSPS) is 18.2. The van der Waals surface area contributed by atoms with Crippen molar-refractivity contribution >= 4 is 32.3 Å². The first-order chi connectivity index (χ1) is 17.2. The van der Waals surface area contributed by atoms with Crippen LogP contribution >= 0.6 is 0 Å². The number of hydrogen-bond donors (Lipinski definition) is 0. The number of benzene rings is 3. The van der Waals surface area contributed by atoms with Crippen molar-refractivity contribution in [2.24, 2.45) is 0 Å². The van der Waals surface area contributed by atoms with Crippen molar-refractivity contribution in [3.63, 3.8) is 0 Å². The van der Waals surface area contributed by atoms with Crippen molar-refractivity contribution in [3.8, 4) is 0 Å². The summed E-state index contributed by atoms with van der Waals surface area (Å²) in [6.07, 6.45) is 1.88. The molecular weight excluding hydrogens is 478 g/mol. The lowest BCUT2D eigenvalue weighted by molar-refractivity contribution is -0.387. The Morgan fingerprint density at radius 2 is 1.75 bits per heavy atom. The lowest BCUT2D eigenvalue weighted by Crippen LogP contribution is -2.58. The Morgan fingerprint density at radius 1 is 1.06 bits per heavy atom. The Bertz CT molecular complexity index is 1370. The molecule has 1 heterocycles. The largest absolute Gasteiger partial charge is 0.298 e. The molecule has 0 radical (unpaired) electrons. The highest BCUT2D eigenvalue weighted by Crippen LogP contribution is 2.31. The van der Waals surface area contributed by atoms with Gasteiger partial charge in [0, 0.05) is 31.7 Å². The first-order valence-electron chi connectivity index (χ1n) is 12.2. The number of nitrogens with zero attached hydrogens (tertiary/aromatic N) is 3. The van der Waals surface area contributed by atoms with E-state index in [0.717, 1.165) is 22.8 Å². The number of para-hydroxylation sites is 1. The fourth-order valence-corrected chi connectivity index (χ4v) is 6.90. The van der Waals surface area contributed by atoms with Gasteiger partial charge in [0.2, 0.25) is 10.0 Å². The van der Waals surface area contributed by atoms with E-state index in [1.807, 2.05) is 37.3 Å². The fraction of sp³-hybridized carbons (Fsp3) is 0.370. The zero-order valence-corrected chi connectivity index (χ0v) is 21.4. The standard InChI is InChI=1S/C27H31N3O5S/c1-3-8-24-19-28(15-16-29(24)36(34,35)27-12-7-6-11-25(27)30(32)33)26(20(2)31)18-21-13-14-22-9-4-5-10-23(22)17-21/h4-7,9-14,17,24,26H,3,8,15-16,18-19H2,1-2H3/t24-,26-/m0/s1. The van der Waals surface area contributed by atoms with E-state index < -0.39 is 20.6 Å². The molecule has 3 aromatic rings. The number of carbonyl (C=O) groups excluding carboxylic acids is 1. The fourth-order valence-electron chi connectivity index (χ4n) is 5.10. The third-order valence-electron chi connectivity index (χ3n) is 6.88. The smallest absolute Gasteiger partial charge is 0.289 e. The molecule has 4 rings (SSSR count). The highest BCUT2D eigenvalue weighted by atomic mass is 32.2. The molecule has 0 saturated carbocycles. The van der Waals surface area contributed by atoms with Gasteiger partial charge in [0.1, 0.15) is 5.78 Å². The Hall–Kier alpha value is -3.14. The molecule has 3 aromatic carbocycles. The van der Waals surface area contributed by atoms with E-state index in [2.05, 4.69) is 17.0 Å². The van der Waals surface area contributed by atoms with E-state index in [0.29, 0.717) is 25.9 Å². The highest BCUT2D eigenvalue weighted by molar-refractivity contribution is 7.89. The molecule has 1 aliphatic rings. The summed E-state index contributed by atoms with van der Waals surface area (Å²) in [5, 5.41) is 13.8. The molecule has 0 N–H and O–H groups in total. The maximum Gasteiger partial charge on any atom is 0.289 e. The summed E-state index contributed by atoms with van der Waals surface area (Å²) < 4.78 is 28.5. The van der Waals surface area contributed by atoms with Crippen molar-refractivity contribution in [2.45, 2.75) is 50.1 Å². The zero-order chi connectivity index (χ0) is 25.9. The van der Waals surface area contributed by atoms with Gasteiger partial charge in [-0.25, -0.2) is 8.42 Å². The maximum absolute atomic E-state index is 13.6. The van der Waals surface area contributed by atoms with Crippen molar-refractivity contribution in [2.75, 3.05) is 19.6 Å². The highest BCUT2D eigenvalue weighted by Gasteiger charge is 2.40. The van der Waals surface area contributed by atoms with Crippen molar-refractivity contribution in [1.29, 1.82) is 0 Å². The molecule has 0 aliphatic carbocycles. The maximum atomic E-state index is 13.6. The predicted molar refractivity (Wildman–Crippen MR) is 139 cm³/mol. The van der Waals surface area contributed by atoms with E-state index >= 15 is 0 Å². The first-order valence-corrected chi connectivity index (χ1v) is 13.6. The van der Waals surface area contributed by atoms with Gasteiger partial charge < -0.3 is 0 Å². The van der Waals surface area contributed by atoms with Crippen LogP contribution in [0.1, 0.15) is 32.3 Å². The second kappa shape index (κ2) is 10.9. The quantitative estimate of drug-likeness (QED) is 0.313. The lowest BCUT2D eigenvalue weighted by Gasteiger charge is -2.43. The molecular formula is C27H31N3O5S. The minimum absolute atomic E-state index is 0.0356. The number of fused-ring (bicyclic) bond motifs is 1. The van der Waals surface area contributed by atoms with Crippen molar-refractivity contribution < 1.29 is 18.1 Å². The average molecular weight is 510 g/mol. The molecule has 8 nitrogen and oxygen atoms in total. The van der Waals surface area contributed by atoms with Crippen LogP contribution in [-0.4, -0.2) is 60.0 Å². The van der Waals surface area contributed by atoms with Gasteiger partial charge in [0.15, 0.2) is 4.90 Å². The monoisotopic (exact) mass is 509 g/mol. The molecule has 0 spiro atoms. The summed E-state index contributed by atoms with van der Waals surface area (Å²) in [5.74, 6) is 0.0356. The molecule has 1 aliphatic heterocycles. The average Bonchev–Trinajstić information content (AvgIpc) is 2.87. The second-order valence-corrected chi connectivity index (χ2v) is 11.1. The number of ketones is 1. The Morgan fingerprint density at radius 3 is 2.44 bits per heavy atom. The van der Waals surface area contributed by atoms with Gasteiger partial charge in [0.25, 0.3) is 5.69 Å². The summed E-state index contributed by atoms with van der Waals surface area (Å²) in [6, 6.07) is 19.0. The number of hydrogen-bond acceptors (Lipinski definition) is 6. The van der Waals surface area contributed by atoms with Crippen LogP contribution in [0.4, 0.5) is 5.69 Å². The summed E-state index contributed by atoms with van der Waals surface area (Å²) in [7, 11) is -4.08. The molecule has 0 amide bonds. The molecule has 1 saturated heterocycles. The number of carbonyl (C=O) groups is 1. The SMILES string of the molecule is CCC[C@H]1CN([C@@H](Cc2ccc3ccccc3c2)C(C)=O)CCN1S(=O)(=O)c1ccccc1[N+](=O)[O-]. The third-order valence-corrected chi connectivity index (χ3v) is 8.88. The Labute approximate surface area is 211 Å². The molecule has 1 fully saturated rings. The van der Waals surface area contributed by atoms with Gasteiger partial charge in [-0.3, -0.25) is 19.8 Å². The number of piperazine rings is 1. The number of rotatable bonds is 9. The van der Waals surface area contributed by atoms with E-state index in [-0.39, 0.29) is 29.3 Å². The van der Waals surface area contributed by atoms with E-state index in [1.165, 1.54) is 28.6 Å². The van der Waals surface area contributed by atoms with Crippen LogP contribution in [0.25, 0.3) is 10.8 Å². The van der Waals surface area contributed by atoms with E-state index in [9.17, 15) is 23.3 Å². The summed E-state index contributed by atoms with van der Waals surface area (Å²) in [4.78, 5) is 25.4. The van der Waals surface area contributed by atoms with Crippen LogP contribution in [0, 0.1) is 10.1 Å².